The van der Waals surface area contributed by atoms with E-state index >= 15 is 0 Å². The molecule has 1 N–H and O–H groups in total. The van der Waals surface area contributed by atoms with Crippen LogP contribution in [0.4, 0.5) is 21.6 Å². The number of sulfonamides is 1. The number of hydrogen-bond donors (Lipinski definition) is 1. The molecule has 1 aromatic carbocycles. The maximum atomic E-state index is 14.5. The molecular weight excluding hydrogens is 569 g/mol. The molecule has 0 bridgehead atoms. The fourth-order valence-corrected chi connectivity index (χ4v) is 8.00. The highest BCUT2D eigenvalue weighted by Gasteiger charge is 2.35. The molecule has 1 saturated carbocycles. The number of likely N-dealkylation sites (tertiary alicyclic amines) is 1. The number of amides is 1. The first-order chi connectivity index (χ1) is 20.5. The summed E-state index contributed by atoms with van der Waals surface area (Å²) in [4.78, 5) is 31.4. The molecule has 12 heteroatoms. The van der Waals surface area contributed by atoms with E-state index in [-0.39, 0.29) is 18.0 Å². The van der Waals surface area contributed by atoms with E-state index < -0.39 is 15.8 Å². The van der Waals surface area contributed by atoms with Crippen LogP contribution in [0.15, 0.2) is 30.7 Å². The normalized spacial score (nSPS) is 23.3. The number of halogens is 1. The molecule has 236 valence electrons. The molecule has 5 rings (SSSR count). The number of carbonyl (C=O) groups excluding carboxylic acids is 1. The molecule has 1 aliphatic carbocycles. The van der Waals surface area contributed by atoms with E-state index in [2.05, 4.69) is 24.4 Å². The second kappa shape index (κ2) is 13.4. The summed E-state index contributed by atoms with van der Waals surface area (Å²) >= 11 is 0. The van der Waals surface area contributed by atoms with Gasteiger partial charge in [0.15, 0.2) is 5.82 Å². The molecule has 2 aromatic rings. The maximum Gasteiger partial charge on any atom is 0.256 e. The summed E-state index contributed by atoms with van der Waals surface area (Å²) in [7, 11) is -3.17. The second-order valence-electron chi connectivity index (χ2n) is 12.6. The maximum absolute atomic E-state index is 14.5. The Hall–Kier alpha value is -2.83. The quantitative estimate of drug-likeness (QED) is 0.452. The van der Waals surface area contributed by atoms with Gasteiger partial charge in [0.25, 0.3) is 5.91 Å². The van der Waals surface area contributed by atoms with Crippen LogP contribution in [0.2, 0.25) is 0 Å². The highest BCUT2D eigenvalue weighted by Crippen LogP contribution is 2.39. The van der Waals surface area contributed by atoms with Crippen molar-refractivity contribution in [1.82, 2.24) is 24.5 Å². The van der Waals surface area contributed by atoms with Crippen LogP contribution in [0.25, 0.3) is 0 Å². The minimum absolute atomic E-state index is 0.00507. The van der Waals surface area contributed by atoms with Crippen molar-refractivity contribution in [3.63, 3.8) is 0 Å². The molecule has 1 atom stereocenters. The summed E-state index contributed by atoms with van der Waals surface area (Å²) in [5.41, 5.74) is 1.85. The second-order valence-corrected chi connectivity index (χ2v) is 14.4. The van der Waals surface area contributed by atoms with Crippen LogP contribution < -0.4 is 14.5 Å². The van der Waals surface area contributed by atoms with Gasteiger partial charge in [-0.2, -0.15) is 0 Å². The minimum Gasteiger partial charge on any atom is -0.349 e. The van der Waals surface area contributed by atoms with Crippen LogP contribution in [0.3, 0.4) is 0 Å². The average Bonchev–Trinajstić information content (AvgIpc) is 2.97. The van der Waals surface area contributed by atoms with E-state index in [1.165, 1.54) is 18.4 Å². The number of rotatable bonds is 9. The van der Waals surface area contributed by atoms with Gasteiger partial charge >= 0.3 is 0 Å². The van der Waals surface area contributed by atoms with E-state index in [0.29, 0.717) is 36.3 Å². The summed E-state index contributed by atoms with van der Waals surface area (Å²) in [5.74, 6) is 0.805. The molecule has 1 unspecified atom stereocenters. The highest BCUT2D eigenvalue weighted by molar-refractivity contribution is 7.88. The van der Waals surface area contributed by atoms with Crippen molar-refractivity contribution in [2.45, 2.75) is 77.4 Å². The Labute approximate surface area is 255 Å². The lowest BCUT2D eigenvalue weighted by atomic mass is 9.85. The number of aromatic nitrogens is 2. The zero-order valence-electron chi connectivity index (χ0n) is 25.9. The van der Waals surface area contributed by atoms with Crippen LogP contribution in [0, 0.1) is 11.7 Å². The third-order valence-electron chi connectivity index (χ3n) is 9.17. The van der Waals surface area contributed by atoms with Gasteiger partial charge in [0, 0.05) is 50.8 Å². The zero-order chi connectivity index (χ0) is 30.7. The van der Waals surface area contributed by atoms with Gasteiger partial charge in [-0.15, -0.1) is 0 Å². The Bertz CT molecular complexity index is 1380. The van der Waals surface area contributed by atoms with Gasteiger partial charge in [-0.05, 0) is 90.0 Å². The van der Waals surface area contributed by atoms with Crippen molar-refractivity contribution >= 4 is 33.1 Å². The van der Waals surface area contributed by atoms with Gasteiger partial charge < -0.3 is 19.6 Å². The summed E-state index contributed by atoms with van der Waals surface area (Å²) in [6.07, 6.45) is 10.6. The minimum atomic E-state index is -3.17. The fraction of sp³-hybridized carbons (Fsp3) is 0.645. The van der Waals surface area contributed by atoms with Crippen LogP contribution in [0.5, 0.6) is 0 Å². The van der Waals surface area contributed by atoms with Gasteiger partial charge in [-0.25, -0.2) is 27.5 Å². The van der Waals surface area contributed by atoms with Crippen LogP contribution >= 0.6 is 0 Å². The monoisotopic (exact) mass is 615 g/mol. The zero-order valence-corrected chi connectivity index (χ0v) is 26.7. The number of carbonyl (C=O) groups is 1. The number of piperidine rings is 1. The Balaban J connectivity index is 1.31. The average molecular weight is 616 g/mol. The first-order valence-electron chi connectivity index (χ1n) is 15.7. The topological polar surface area (TPSA) is 102 Å². The van der Waals surface area contributed by atoms with Gasteiger partial charge in [-0.3, -0.25) is 4.79 Å². The van der Waals surface area contributed by atoms with Crippen molar-refractivity contribution in [3.8, 4) is 0 Å². The molecule has 3 heterocycles. The predicted octanol–water partition coefficient (Wildman–Crippen LogP) is 4.02. The summed E-state index contributed by atoms with van der Waals surface area (Å²) in [6.45, 7) is 10.8. The van der Waals surface area contributed by atoms with Crippen molar-refractivity contribution in [2.75, 3.05) is 55.3 Å². The molecule has 43 heavy (non-hydrogen) atoms. The molecule has 3 aliphatic rings. The van der Waals surface area contributed by atoms with Crippen molar-refractivity contribution in [3.05, 3.63) is 42.1 Å². The molecule has 10 nitrogen and oxygen atoms in total. The molecule has 0 spiro atoms. The summed E-state index contributed by atoms with van der Waals surface area (Å²) in [6, 6.07) is 4.82. The van der Waals surface area contributed by atoms with Gasteiger partial charge in [-0.1, -0.05) is 0 Å². The predicted molar refractivity (Wildman–Crippen MR) is 168 cm³/mol. The van der Waals surface area contributed by atoms with E-state index in [0.717, 1.165) is 76.2 Å². The number of nitrogens with one attached hydrogen (secondary N) is 1. The largest absolute Gasteiger partial charge is 0.349 e. The van der Waals surface area contributed by atoms with Gasteiger partial charge in [0.05, 0.1) is 23.7 Å². The first kappa shape index (κ1) is 31.6. The summed E-state index contributed by atoms with van der Waals surface area (Å²) in [5, 5.41) is 0. The Kier molecular flexibility index (Phi) is 9.87. The standard InChI is InChI=1S/C31H46FN7O3S/c1-5-37(22(2)3)31(40)27-17-24(32)10-13-28(27)39-16-15-38(30-29(39)18-33-21-34-30)26-7-6-14-36(20-26)19-23-8-11-25(12-9-23)35-43(4,41)42/h10,13,17-18,21-23,25-26,35H,5-9,11-12,14-16,19-20H2,1-4H3/t23-,25-,26?. The van der Waals surface area contributed by atoms with Crippen molar-refractivity contribution in [1.29, 1.82) is 0 Å². The van der Waals surface area contributed by atoms with Gasteiger partial charge in [0.2, 0.25) is 10.0 Å². The van der Waals surface area contributed by atoms with Gasteiger partial charge in [0.1, 0.15) is 17.8 Å². The third kappa shape index (κ3) is 7.46. The number of hydrogen-bond acceptors (Lipinski definition) is 8. The highest BCUT2D eigenvalue weighted by atomic mass is 32.2. The van der Waals surface area contributed by atoms with Crippen LogP contribution in [-0.2, 0) is 10.0 Å². The fourth-order valence-electron chi connectivity index (χ4n) is 7.16. The lowest BCUT2D eigenvalue weighted by molar-refractivity contribution is 0.0717. The van der Waals surface area contributed by atoms with E-state index in [9.17, 15) is 17.6 Å². The number of fused-ring (bicyclic) bond motifs is 1. The molecule has 2 fully saturated rings. The molecule has 0 radical (unpaired) electrons. The molecule has 2 aliphatic heterocycles. The number of nitrogens with zero attached hydrogens (tertiary/aromatic N) is 6. The third-order valence-corrected chi connectivity index (χ3v) is 9.93. The Morgan fingerprint density at radius 2 is 1.88 bits per heavy atom. The molecule has 1 saturated heterocycles. The van der Waals surface area contributed by atoms with Crippen molar-refractivity contribution < 1.29 is 17.6 Å². The summed E-state index contributed by atoms with van der Waals surface area (Å²) < 4.78 is 40.5. The van der Waals surface area contributed by atoms with Crippen LogP contribution in [0.1, 0.15) is 69.7 Å². The first-order valence-corrected chi connectivity index (χ1v) is 17.6. The lowest BCUT2D eigenvalue weighted by Crippen LogP contribution is -2.53. The number of anilines is 3. The van der Waals surface area contributed by atoms with E-state index in [1.54, 1.807) is 23.5 Å². The smallest absolute Gasteiger partial charge is 0.256 e. The Morgan fingerprint density at radius 1 is 1.12 bits per heavy atom. The van der Waals surface area contributed by atoms with E-state index in [4.69, 9.17) is 4.98 Å². The molecular formula is C31H46FN7O3S. The lowest BCUT2D eigenvalue weighted by Gasteiger charge is -2.45. The molecule has 1 amide bonds. The SMILES string of the molecule is CCN(C(=O)c1cc(F)ccc1N1CCN(C2CCCN(C[C@H]3CC[C@H](NS(C)(=O)=O)CC3)C2)c2ncncc21)C(C)C. The van der Waals surface area contributed by atoms with Crippen molar-refractivity contribution in [2.24, 2.45) is 5.92 Å². The number of benzene rings is 1. The molecule has 1 aromatic heterocycles. The van der Waals surface area contributed by atoms with Crippen LogP contribution in [-0.4, -0.2) is 97.7 Å². The van der Waals surface area contributed by atoms with E-state index in [1.807, 2.05) is 20.8 Å². The Morgan fingerprint density at radius 3 is 2.58 bits per heavy atom.